The minimum atomic E-state index is 0.415. The Hall–Kier alpha value is -0.410. The summed E-state index contributed by atoms with van der Waals surface area (Å²) in [5.41, 5.74) is 0. The van der Waals surface area contributed by atoms with Gasteiger partial charge in [-0.2, -0.15) is 0 Å². The lowest BCUT2D eigenvalue weighted by Gasteiger charge is -2.18. The third-order valence-corrected chi connectivity index (χ3v) is 5.30. The molecule has 1 aromatic heterocycles. The van der Waals surface area contributed by atoms with Crippen LogP contribution in [0.15, 0.2) is 6.20 Å². The normalized spacial score (nSPS) is 19.7. The summed E-state index contributed by atoms with van der Waals surface area (Å²) in [6, 6.07) is 0.415. The Kier molecular flexibility index (Phi) is 5.64. The van der Waals surface area contributed by atoms with E-state index in [1.54, 1.807) is 0 Å². The molecule has 0 aromatic carbocycles. The van der Waals surface area contributed by atoms with E-state index in [1.165, 1.54) is 55.0 Å². The number of rotatable bonds is 5. The molecule has 0 bridgehead atoms. The van der Waals surface area contributed by atoms with Crippen LogP contribution < -0.4 is 5.32 Å². The van der Waals surface area contributed by atoms with Gasteiger partial charge in [-0.15, -0.1) is 11.3 Å². The number of hydrogen-bond acceptors (Lipinski definition) is 3. The molecule has 1 heterocycles. The van der Waals surface area contributed by atoms with Gasteiger partial charge in [0.2, 0.25) is 0 Å². The number of nitrogens with zero attached hydrogens (tertiary/aromatic N) is 1. The predicted octanol–water partition coefficient (Wildman–Crippen LogP) is 4.33. The minimum absolute atomic E-state index is 0.415. The highest BCUT2D eigenvalue weighted by molar-refractivity contribution is 7.11. The van der Waals surface area contributed by atoms with Crippen molar-refractivity contribution in [2.24, 2.45) is 5.92 Å². The van der Waals surface area contributed by atoms with Gasteiger partial charge >= 0.3 is 0 Å². The van der Waals surface area contributed by atoms with Crippen LogP contribution in [0.25, 0.3) is 0 Å². The van der Waals surface area contributed by atoms with Gasteiger partial charge in [-0.1, -0.05) is 32.6 Å². The van der Waals surface area contributed by atoms with Crippen LogP contribution in [0, 0.1) is 5.92 Å². The first kappa shape index (κ1) is 14.0. The summed E-state index contributed by atoms with van der Waals surface area (Å²) in [6.07, 6.45) is 11.7. The Morgan fingerprint density at radius 3 is 2.67 bits per heavy atom. The molecule has 1 N–H and O–H groups in total. The van der Waals surface area contributed by atoms with Gasteiger partial charge in [-0.25, -0.2) is 4.98 Å². The van der Waals surface area contributed by atoms with E-state index in [0.717, 1.165) is 12.3 Å². The Labute approximate surface area is 115 Å². The number of nitrogens with one attached hydrogen (secondary N) is 1. The van der Waals surface area contributed by atoms with Crippen molar-refractivity contribution in [3.05, 3.63) is 16.1 Å². The fourth-order valence-corrected chi connectivity index (χ4v) is 3.57. The fraction of sp³-hybridized carbons (Fsp3) is 0.800. The average molecular weight is 266 g/mol. The molecule has 1 aromatic rings. The zero-order valence-corrected chi connectivity index (χ0v) is 12.6. The van der Waals surface area contributed by atoms with Crippen LogP contribution >= 0.6 is 11.3 Å². The second kappa shape index (κ2) is 7.25. The van der Waals surface area contributed by atoms with Crippen molar-refractivity contribution in [1.29, 1.82) is 0 Å². The first-order chi connectivity index (χ1) is 8.79. The fourth-order valence-electron chi connectivity index (χ4n) is 2.69. The topological polar surface area (TPSA) is 24.9 Å². The quantitative estimate of drug-likeness (QED) is 0.803. The molecule has 1 aliphatic rings. The second-order valence-corrected chi connectivity index (χ2v) is 6.65. The van der Waals surface area contributed by atoms with Gasteiger partial charge in [0.05, 0.1) is 6.04 Å². The van der Waals surface area contributed by atoms with E-state index in [0.29, 0.717) is 6.04 Å². The van der Waals surface area contributed by atoms with Gasteiger partial charge < -0.3 is 5.32 Å². The zero-order valence-electron chi connectivity index (χ0n) is 11.7. The van der Waals surface area contributed by atoms with Crippen LogP contribution in [0.4, 0.5) is 0 Å². The summed E-state index contributed by atoms with van der Waals surface area (Å²) in [7, 11) is 0. The molecule has 0 amide bonds. The van der Waals surface area contributed by atoms with Crippen molar-refractivity contribution < 1.29 is 0 Å². The van der Waals surface area contributed by atoms with Crippen LogP contribution in [0.2, 0.25) is 0 Å². The van der Waals surface area contributed by atoms with E-state index >= 15 is 0 Å². The van der Waals surface area contributed by atoms with Gasteiger partial charge in [0, 0.05) is 11.1 Å². The SMILES string of the molecule is CCc1cnc(C(C)NCC2CCCCCC2)s1. The number of thiazole rings is 1. The summed E-state index contributed by atoms with van der Waals surface area (Å²) in [5, 5.41) is 4.93. The largest absolute Gasteiger partial charge is 0.308 e. The Balaban J connectivity index is 1.78. The van der Waals surface area contributed by atoms with Gasteiger partial charge in [0.1, 0.15) is 5.01 Å². The molecular formula is C15H26N2S. The van der Waals surface area contributed by atoms with Gasteiger partial charge in [0.25, 0.3) is 0 Å². The zero-order chi connectivity index (χ0) is 12.8. The van der Waals surface area contributed by atoms with Crippen molar-refractivity contribution in [2.45, 2.75) is 64.8 Å². The molecule has 0 aliphatic heterocycles. The van der Waals surface area contributed by atoms with Crippen molar-refractivity contribution in [2.75, 3.05) is 6.54 Å². The van der Waals surface area contributed by atoms with E-state index < -0.39 is 0 Å². The van der Waals surface area contributed by atoms with Crippen LogP contribution in [0.1, 0.15) is 68.3 Å². The average Bonchev–Trinajstić information content (AvgIpc) is 2.73. The lowest BCUT2D eigenvalue weighted by atomic mass is 10.0. The summed E-state index contributed by atoms with van der Waals surface area (Å²) in [5.74, 6) is 0.889. The maximum atomic E-state index is 4.53. The summed E-state index contributed by atoms with van der Waals surface area (Å²) in [4.78, 5) is 5.92. The summed E-state index contributed by atoms with van der Waals surface area (Å²) < 4.78 is 0. The first-order valence-corrected chi connectivity index (χ1v) is 8.29. The van der Waals surface area contributed by atoms with Crippen molar-refractivity contribution >= 4 is 11.3 Å². The molecule has 102 valence electrons. The van der Waals surface area contributed by atoms with Crippen molar-refractivity contribution in [3.8, 4) is 0 Å². The van der Waals surface area contributed by atoms with E-state index in [4.69, 9.17) is 0 Å². The van der Waals surface area contributed by atoms with Gasteiger partial charge in [0.15, 0.2) is 0 Å². The Morgan fingerprint density at radius 2 is 2.06 bits per heavy atom. The third kappa shape index (κ3) is 4.06. The standard InChI is InChI=1S/C15H26N2S/c1-3-14-11-17-15(18-14)12(2)16-10-13-8-6-4-5-7-9-13/h11-13,16H,3-10H2,1-2H3. The van der Waals surface area contributed by atoms with E-state index in [-0.39, 0.29) is 0 Å². The minimum Gasteiger partial charge on any atom is -0.308 e. The molecule has 1 atom stereocenters. The maximum absolute atomic E-state index is 4.53. The molecule has 1 aliphatic carbocycles. The molecule has 0 spiro atoms. The summed E-state index contributed by atoms with van der Waals surface area (Å²) >= 11 is 1.86. The maximum Gasteiger partial charge on any atom is 0.109 e. The highest BCUT2D eigenvalue weighted by Crippen LogP contribution is 2.24. The molecule has 3 heteroatoms. The molecule has 1 unspecified atom stereocenters. The lowest BCUT2D eigenvalue weighted by molar-refractivity contribution is 0.402. The lowest BCUT2D eigenvalue weighted by Crippen LogP contribution is -2.25. The second-order valence-electron chi connectivity index (χ2n) is 5.51. The third-order valence-electron chi connectivity index (χ3n) is 3.98. The molecule has 2 nitrogen and oxygen atoms in total. The number of aromatic nitrogens is 1. The molecule has 1 fully saturated rings. The molecular weight excluding hydrogens is 240 g/mol. The predicted molar refractivity (Wildman–Crippen MR) is 79.1 cm³/mol. The smallest absolute Gasteiger partial charge is 0.109 e. The number of aryl methyl sites for hydroxylation is 1. The molecule has 1 saturated carbocycles. The van der Waals surface area contributed by atoms with Crippen LogP contribution in [-0.4, -0.2) is 11.5 Å². The molecule has 0 saturated heterocycles. The summed E-state index contributed by atoms with van der Waals surface area (Å²) in [6.45, 7) is 5.61. The highest BCUT2D eigenvalue weighted by atomic mass is 32.1. The van der Waals surface area contributed by atoms with E-state index in [1.807, 2.05) is 17.5 Å². The van der Waals surface area contributed by atoms with Gasteiger partial charge in [-0.3, -0.25) is 0 Å². The van der Waals surface area contributed by atoms with E-state index in [2.05, 4.69) is 24.1 Å². The van der Waals surface area contributed by atoms with Crippen LogP contribution in [0.5, 0.6) is 0 Å². The highest BCUT2D eigenvalue weighted by Gasteiger charge is 2.15. The molecule has 0 radical (unpaired) electrons. The molecule has 2 rings (SSSR count). The van der Waals surface area contributed by atoms with Crippen LogP contribution in [-0.2, 0) is 6.42 Å². The van der Waals surface area contributed by atoms with Crippen molar-refractivity contribution in [1.82, 2.24) is 10.3 Å². The molecule has 18 heavy (non-hydrogen) atoms. The van der Waals surface area contributed by atoms with Gasteiger partial charge in [-0.05, 0) is 38.6 Å². The van der Waals surface area contributed by atoms with Crippen LogP contribution in [0.3, 0.4) is 0 Å². The Bertz CT molecular complexity index is 340. The number of hydrogen-bond donors (Lipinski definition) is 1. The first-order valence-electron chi connectivity index (χ1n) is 7.47. The Morgan fingerprint density at radius 1 is 1.33 bits per heavy atom. The van der Waals surface area contributed by atoms with Crippen molar-refractivity contribution in [3.63, 3.8) is 0 Å². The monoisotopic (exact) mass is 266 g/mol. The van der Waals surface area contributed by atoms with E-state index in [9.17, 15) is 0 Å².